The van der Waals surface area contributed by atoms with Crippen LogP contribution >= 0.6 is 12.4 Å². The van der Waals surface area contributed by atoms with Gasteiger partial charge in [0.05, 0.1) is 6.04 Å². The highest BCUT2D eigenvalue weighted by molar-refractivity contribution is 5.86. The third-order valence-corrected chi connectivity index (χ3v) is 3.58. The summed E-state index contributed by atoms with van der Waals surface area (Å²) in [5.41, 5.74) is 7.06. The van der Waals surface area contributed by atoms with Gasteiger partial charge in [-0.05, 0) is 22.8 Å². The van der Waals surface area contributed by atoms with Gasteiger partial charge in [0.25, 0.3) is 0 Å². The first-order valence-corrected chi connectivity index (χ1v) is 7.10. The maximum atomic E-state index is 12.2. The van der Waals surface area contributed by atoms with Gasteiger partial charge in [0.2, 0.25) is 5.91 Å². The molecule has 1 atom stereocenters. The molecule has 0 aliphatic rings. The fraction of sp³-hybridized carbons (Fsp3) is 0.353. The van der Waals surface area contributed by atoms with E-state index in [1.807, 2.05) is 32.2 Å². The summed E-state index contributed by atoms with van der Waals surface area (Å²) in [6, 6.07) is 14.0. The van der Waals surface area contributed by atoms with Gasteiger partial charge in [-0.2, -0.15) is 0 Å². The molecule has 0 aliphatic heterocycles. The van der Waals surface area contributed by atoms with Crippen LogP contribution < -0.4 is 5.73 Å². The molecule has 2 rings (SSSR count). The number of carbonyl (C=O) groups is 1. The van der Waals surface area contributed by atoms with Crippen LogP contribution in [0.15, 0.2) is 42.5 Å². The van der Waals surface area contributed by atoms with Crippen LogP contribution in [0.3, 0.4) is 0 Å². The monoisotopic (exact) mass is 306 g/mol. The normalized spacial score (nSPS) is 11.8. The molecule has 0 saturated heterocycles. The number of amides is 1. The lowest BCUT2D eigenvalue weighted by Crippen LogP contribution is -2.41. The molecule has 1 amide bonds. The van der Waals surface area contributed by atoms with E-state index in [2.05, 4.69) is 24.3 Å². The minimum atomic E-state index is -0.389. The number of carbonyl (C=O) groups excluding carboxylic acids is 1. The molecule has 0 spiro atoms. The number of hydrogen-bond donors (Lipinski definition) is 1. The van der Waals surface area contributed by atoms with Gasteiger partial charge in [-0.25, -0.2) is 0 Å². The second kappa shape index (κ2) is 8.01. The molecule has 114 valence electrons. The summed E-state index contributed by atoms with van der Waals surface area (Å²) in [5, 5.41) is 2.39. The highest BCUT2D eigenvalue weighted by Crippen LogP contribution is 2.19. The Hall–Kier alpha value is -1.58. The topological polar surface area (TPSA) is 46.3 Å². The number of nitrogens with two attached hydrogens (primary N) is 1. The summed E-state index contributed by atoms with van der Waals surface area (Å²) < 4.78 is 0. The standard InChI is InChI=1S/C17H22N2O.ClH/c1-3-7-16(18)17(20)19(2)12-14-10-6-9-13-8-4-5-11-15(13)14;/h4-6,8-11,16H,3,7,12,18H2,1-2H3;1H. The average Bonchev–Trinajstić information content (AvgIpc) is 2.47. The molecule has 0 aliphatic carbocycles. The van der Waals surface area contributed by atoms with E-state index in [1.165, 1.54) is 10.8 Å². The molecule has 0 fully saturated rings. The first-order valence-electron chi connectivity index (χ1n) is 7.10. The molecule has 2 aromatic rings. The first kappa shape index (κ1) is 17.5. The van der Waals surface area contributed by atoms with Crippen molar-refractivity contribution in [3.63, 3.8) is 0 Å². The van der Waals surface area contributed by atoms with Gasteiger partial charge >= 0.3 is 0 Å². The number of benzene rings is 2. The van der Waals surface area contributed by atoms with Gasteiger partial charge in [-0.1, -0.05) is 55.8 Å². The van der Waals surface area contributed by atoms with Crippen molar-refractivity contribution in [2.24, 2.45) is 5.73 Å². The van der Waals surface area contributed by atoms with Crippen molar-refractivity contribution in [3.05, 3.63) is 48.0 Å². The predicted octanol–water partition coefficient (Wildman–Crippen LogP) is 3.35. The number of nitrogens with zero attached hydrogens (tertiary/aromatic N) is 1. The largest absolute Gasteiger partial charge is 0.340 e. The lowest BCUT2D eigenvalue weighted by Gasteiger charge is -2.22. The Labute approximate surface area is 132 Å². The minimum Gasteiger partial charge on any atom is -0.340 e. The number of hydrogen-bond acceptors (Lipinski definition) is 2. The van der Waals surface area contributed by atoms with E-state index in [-0.39, 0.29) is 24.4 Å². The Kier molecular flexibility index (Phi) is 6.66. The molecule has 0 radical (unpaired) electrons. The summed E-state index contributed by atoms with van der Waals surface area (Å²) in [4.78, 5) is 13.9. The fourth-order valence-electron chi connectivity index (χ4n) is 2.48. The fourth-order valence-corrected chi connectivity index (χ4v) is 2.48. The highest BCUT2D eigenvalue weighted by Gasteiger charge is 2.17. The number of halogens is 1. The maximum absolute atomic E-state index is 12.2. The molecule has 3 nitrogen and oxygen atoms in total. The van der Waals surface area contributed by atoms with Crippen LogP contribution in [0.2, 0.25) is 0 Å². The molecule has 1 unspecified atom stereocenters. The van der Waals surface area contributed by atoms with Crippen molar-refractivity contribution >= 4 is 29.1 Å². The minimum absolute atomic E-state index is 0. The Morgan fingerprint density at radius 1 is 1.19 bits per heavy atom. The van der Waals surface area contributed by atoms with Crippen molar-refractivity contribution in [3.8, 4) is 0 Å². The van der Waals surface area contributed by atoms with Crippen LogP contribution in [0, 0.1) is 0 Å². The van der Waals surface area contributed by atoms with Crippen LogP contribution in [-0.2, 0) is 11.3 Å². The van der Waals surface area contributed by atoms with Crippen LogP contribution in [0.4, 0.5) is 0 Å². The SMILES string of the molecule is CCCC(N)C(=O)N(C)Cc1cccc2ccccc12.Cl. The van der Waals surface area contributed by atoms with Crippen LogP contribution in [-0.4, -0.2) is 23.9 Å². The van der Waals surface area contributed by atoms with Gasteiger partial charge < -0.3 is 10.6 Å². The van der Waals surface area contributed by atoms with Crippen molar-refractivity contribution in [1.82, 2.24) is 4.90 Å². The molecule has 0 aromatic heterocycles. The average molecular weight is 307 g/mol. The quantitative estimate of drug-likeness (QED) is 0.921. The zero-order chi connectivity index (χ0) is 14.5. The third-order valence-electron chi connectivity index (χ3n) is 3.58. The Morgan fingerprint density at radius 3 is 2.57 bits per heavy atom. The Balaban J connectivity index is 0.00000220. The van der Waals surface area contributed by atoms with E-state index in [4.69, 9.17) is 5.73 Å². The van der Waals surface area contributed by atoms with E-state index in [0.717, 1.165) is 18.4 Å². The van der Waals surface area contributed by atoms with Gasteiger partial charge in [0, 0.05) is 13.6 Å². The summed E-state index contributed by atoms with van der Waals surface area (Å²) >= 11 is 0. The van der Waals surface area contributed by atoms with Gasteiger partial charge in [-0.15, -0.1) is 12.4 Å². The van der Waals surface area contributed by atoms with Crippen molar-refractivity contribution in [2.75, 3.05) is 7.05 Å². The summed E-state index contributed by atoms with van der Waals surface area (Å²) in [7, 11) is 1.82. The number of fused-ring (bicyclic) bond motifs is 1. The maximum Gasteiger partial charge on any atom is 0.239 e. The van der Waals surface area contributed by atoms with Crippen LogP contribution in [0.25, 0.3) is 10.8 Å². The third kappa shape index (κ3) is 4.19. The summed E-state index contributed by atoms with van der Waals surface area (Å²) in [6.45, 7) is 2.63. The molecule has 0 heterocycles. The lowest BCUT2D eigenvalue weighted by molar-refractivity contribution is -0.131. The molecule has 2 N–H and O–H groups in total. The summed E-state index contributed by atoms with van der Waals surface area (Å²) in [6.07, 6.45) is 1.66. The Bertz CT molecular complexity index is 595. The first-order chi connectivity index (χ1) is 9.63. The second-order valence-electron chi connectivity index (χ2n) is 5.23. The molecular formula is C17H23ClN2O. The van der Waals surface area contributed by atoms with Crippen molar-refractivity contribution in [2.45, 2.75) is 32.4 Å². The molecule has 2 aromatic carbocycles. The predicted molar refractivity (Wildman–Crippen MR) is 90.6 cm³/mol. The zero-order valence-corrected chi connectivity index (χ0v) is 13.4. The molecular weight excluding hydrogens is 284 g/mol. The van der Waals surface area contributed by atoms with Gasteiger partial charge in [0.15, 0.2) is 0 Å². The molecule has 0 bridgehead atoms. The number of likely N-dealkylation sites (N-methyl/N-ethyl adjacent to an activating group) is 1. The van der Waals surface area contributed by atoms with E-state index < -0.39 is 0 Å². The van der Waals surface area contributed by atoms with E-state index in [0.29, 0.717) is 6.54 Å². The van der Waals surface area contributed by atoms with E-state index in [9.17, 15) is 4.79 Å². The van der Waals surface area contributed by atoms with Crippen molar-refractivity contribution < 1.29 is 4.79 Å². The molecule has 21 heavy (non-hydrogen) atoms. The summed E-state index contributed by atoms with van der Waals surface area (Å²) in [5.74, 6) is 0.0137. The van der Waals surface area contributed by atoms with Gasteiger partial charge in [-0.3, -0.25) is 4.79 Å². The molecule has 4 heteroatoms. The van der Waals surface area contributed by atoms with Crippen LogP contribution in [0.1, 0.15) is 25.3 Å². The van der Waals surface area contributed by atoms with Gasteiger partial charge in [0.1, 0.15) is 0 Å². The zero-order valence-electron chi connectivity index (χ0n) is 12.6. The molecule has 0 saturated carbocycles. The van der Waals surface area contributed by atoms with E-state index in [1.54, 1.807) is 4.90 Å². The number of rotatable bonds is 5. The highest BCUT2D eigenvalue weighted by atomic mass is 35.5. The van der Waals surface area contributed by atoms with E-state index >= 15 is 0 Å². The Morgan fingerprint density at radius 2 is 1.86 bits per heavy atom. The smallest absolute Gasteiger partial charge is 0.239 e. The van der Waals surface area contributed by atoms with Crippen LogP contribution in [0.5, 0.6) is 0 Å². The van der Waals surface area contributed by atoms with Crippen molar-refractivity contribution in [1.29, 1.82) is 0 Å². The second-order valence-corrected chi connectivity index (χ2v) is 5.23. The lowest BCUT2D eigenvalue weighted by atomic mass is 10.0.